The molecule has 0 bridgehead atoms. The molecule has 2 aromatic rings. The van der Waals surface area contributed by atoms with E-state index in [1.807, 2.05) is 0 Å². The molecule has 0 aromatic carbocycles. The van der Waals surface area contributed by atoms with Crippen LogP contribution in [0, 0.1) is 6.92 Å². The zero-order valence-corrected chi connectivity index (χ0v) is 13.0. The second kappa shape index (κ2) is 5.98. The fourth-order valence-electron chi connectivity index (χ4n) is 2.97. The molecule has 1 saturated heterocycles. The van der Waals surface area contributed by atoms with Gasteiger partial charge in [-0.3, -0.25) is 4.79 Å². The predicted molar refractivity (Wildman–Crippen MR) is 83.0 cm³/mol. The van der Waals surface area contributed by atoms with Crippen molar-refractivity contribution in [2.45, 2.75) is 37.9 Å². The fourth-order valence-corrected chi connectivity index (χ4v) is 2.97. The van der Waals surface area contributed by atoms with Gasteiger partial charge in [0, 0.05) is 6.20 Å². The third-order valence-corrected chi connectivity index (χ3v) is 4.14. The summed E-state index contributed by atoms with van der Waals surface area (Å²) >= 11 is 0. The van der Waals surface area contributed by atoms with Crippen LogP contribution in [0.15, 0.2) is 6.20 Å². The van der Waals surface area contributed by atoms with Crippen molar-refractivity contribution in [2.75, 3.05) is 12.3 Å². The van der Waals surface area contributed by atoms with Gasteiger partial charge in [-0.05, 0) is 6.92 Å². The summed E-state index contributed by atoms with van der Waals surface area (Å²) in [7, 11) is 0. The van der Waals surface area contributed by atoms with Crippen LogP contribution in [-0.4, -0.2) is 66.8 Å². The Labute approximate surface area is 136 Å². The van der Waals surface area contributed by atoms with Gasteiger partial charge < -0.3 is 36.1 Å². The topological polar surface area (TPSA) is 170 Å². The van der Waals surface area contributed by atoms with E-state index in [1.165, 1.54) is 6.20 Å². The van der Waals surface area contributed by atoms with E-state index in [0.29, 0.717) is 16.9 Å². The number of aliphatic hydroxyl groups is 3. The summed E-state index contributed by atoms with van der Waals surface area (Å²) in [4.78, 5) is 20.0. The molecule has 0 saturated carbocycles. The van der Waals surface area contributed by atoms with Gasteiger partial charge in [-0.2, -0.15) is 0 Å². The van der Waals surface area contributed by atoms with Gasteiger partial charge in [-0.15, -0.1) is 0 Å². The number of aromatic nitrogens is 3. The number of hydrogen-bond acceptors (Lipinski definition) is 8. The van der Waals surface area contributed by atoms with E-state index in [2.05, 4.69) is 9.97 Å². The van der Waals surface area contributed by atoms with Crippen LogP contribution in [0.25, 0.3) is 11.0 Å². The van der Waals surface area contributed by atoms with Gasteiger partial charge >= 0.3 is 0 Å². The molecule has 24 heavy (non-hydrogen) atoms. The van der Waals surface area contributed by atoms with Gasteiger partial charge in [0.2, 0.25) is 0 Å². The van der Waals surface area contributed by atoms with E-state index < -0.39 is 36.9 Å². The van der Waals surface area contributed by atoms with Crippen molar-refractivity contribution in [1.29, 1.82) is 0 Å². The predicted octanol–water partition coefficient (Wildman–Crippen LogP) is -2.10. The number of hydrogen-bond donors (Lipinski definition) is 5. The van der Waals surface area contributed by atoms with Crippen molar-refractivity contribution < 1.29 is 24.9 Å². The molecule has 0 aliphatic carbocycles. The number of ether oxygens (including phenoxy) is 1. The number of nitrogen functional groups attached to an aromatic ring is 1. The van der Waals surface area contributed by atoms with Crippen molar-refractivity contribution in [3.63, 3.8) is 0 Å². The van der Waals surface area contributed by atoms with E-state index >= 15 is 0 Å². The van der Waals surface area contributed by atoms with Crippen LogP contribution in [-0.2, 0) is 11.3 Å². The quantitative estimate of drug-likeness (QED) is 0.422. The monoisotopic (exact) mass is 337 g/mol. The summed E-state index contributed by atoms with van der Waals surface area (Å²) in [5, 5.41) is 29.4. The molecular weight excluding hydrogens is 318 g/mol. The average molecular weight is 337 g/mol. The van der Waals surface area contributed by atoms with Crippen molar-refractivity contribution in [3.05, 3.63) is 17.6 Å². The van der Waals surface area contributed by atoms with Crippen LogP contribution in [0.3, 0.4) is 0 Å². The minimum atomic E-state index is -1.20. The Hall–Kier alpha value is -2.27. The van der Waals surface area contributed by atoms with Crippen molar-refractivity contribution in [3.8, 4) is 0 Å². The number of carbonyl (C=O) groups excluding carboxylic acids is 1. The van der Waals surface area contributed by atoms with Crippen LogP contribution in [0.2, 0.25) is 0 Å². The number of aryl methyl sites for hydroxylation is 1. The maximum absolute atomic E-state index is 11.7. The Morgan fingerprint density at radius 3 is 2.58 bits per heavy atom. The number of aliphatic hydroxyl groups excluding tert-OH is 3. The Morgan fingerprint density at radius 1 is 1.33 bits per heavy atom. The number of anilines is 1. The molecule has 7 N–H and O–H groups in total. The number of nitrogens with zero attached hydrogens (tertiary/aromatic N) is 3. The van der Waals surface area contributed by atoms with E-state index in [-0.39, 0.29) is 17.9 Å². The molecular formula is C14H19N5O5. The second-order valence-corrected chi connectivity index (χ2v) is 5.79. The van der Waals surface area contributed by atoms with E-state index in [4.69, 9.17) is 21.3 Å². The molecule has 1 amide bonds. The largest absolute Gasteiger partial charge is 0.394 e. The maximum Gasteiger partial charge on any atom is 0.251 e. The first-order chi connectivity index (χ1) is 11.3. The molecule has 3 heterocycles. The van der Waals surface area contributed by atoms with Crippen LogP contribution in [0.1, 0.15) is 16.2 Å². The molecule has 2 aromatic heterocycles. The fraction of sp³-hybridized carbons (Fsp3) is 0.500. The lowest BCUT2D eigenvalue weighted by molar-refractivity contribution is -0.0262. The standard InChI is InChI=1S/C14H19N5O5/c1-5-17-12(15)9-6(13(16)23)2-19(14(9)18-5)3-7-10(21)11(22)8(4-20)24-7/h2,7-8,10-11,20-22H,3-4H2,1H3,(H2,16,23)(H2,15,17,18)/t7-,8+,10-,11+/m0/s1. The Balaban J connectivity index is 2.03. The van der Waals surface area contributed by atoms with E-state index in [0.717, 1.165) is 0 Å². The number of carbonyl (C=O) groups is 1. The van der Waals surface area contributed by atoms with Gasteiger partial charge in [-0.25, -0.2) is 9.97 Å². The molecule has 0 spiro atoms. The number of fused-ring (bicyclic) bond motifs is 1. The zero-order chi connectivity index (χ0) is 17.6. The molecule has 1 aliphatic heterocycles. The number of rotatable bonds is 4. The summed E-state index contributed by atoms with van der Waals surface area (Å²) < 4.78 is 7.03. The lowest BCUT2D eigenvalue weighted by Crippen LogP contribution is -2.35. The third kappa shape index (κ3) is 2.59. The highest BCUT2D eigenvalue weighted by Crippen LogP contribution is 2.28. The molecule has 1 aliphatic rings. The maximum atomic E-state index is 11.7. The van der Waals surface area contributed by atoms with Crippen molar-refractivity contribution in [1.82, 2.24) is 14.5 Å². The van der Waals surface area contributed by atoms with Crippen molar-refractivity contribution in [2.24, 2.45) is 5.73 Å². The van der Waals surface area contributed by atoms with Gasteiger partial charge in [0.15, 0.2) is 0 Å². The molecule has 3 rings (SSSR count). The van der Waals surface area contributed by atoms with E-state index in [1.54, 1.807) is 11.5 Å². The molecule has 0 unspecified atom stereocenters. The first-order valence-corrected chi connectivity index (χ1v) is 7.38. The van der Waals surface area contributed by atoms with Gasteiger partial charge in [0.05, 0.1) is 24.1 Å². The smallest absolute Gasteiger partial charge is 0.251 e. The zero-order valence-electron chi connectivity index (χ0n) is 13.0. The summed E-state index contributed by atoms with van der Waals surface area (Å²) in [6, 6.07) is 0. The van der Waals surface area contributed by atoms with Crippen LogP contribution < -0.4 is 11.5 Å². The third-order valence-electron chi connectivity index (χ3n) is 4.14. The molecule has 0 radical (unpaired) electrons. The summed E-state index contributed by atoms with van der Waals surface area (Å²) in [5.74, 6) is -0.137. The SMILES string of the molecule is Cc1nc(N)c2c(C(N)=O)cn(C[C@@H]3O[C@H](CO)[C@@H](O)[C@H]3O)c2n1. The average Bonchev–Trinajstić information content (AvgIpc) is 3.01. The Bertz CT molecular complexity index is 791. The van der Waals surface area contributed by atoms with Gasteiger partial charge in [0.1, 0.15) is 41.7 Å². The normalized spacial score (nSPS) is 27.0. The lowest BCUT2D eigenvalue weighted by Gasteiger charge is -2.16. The Morgan fingerprint density at radius 2 is 2.00 bits per heavy atom. The highest BCUT2D eigenvalue weighted by Gasteiger charge is 2.42. The summed E-state index contributed by atoms with van der Waals surface area (Å²) in [6.07, 6.45) is -2.57. The highest BCUT2D eigenvalue weighted by molar-refractivity contribution is 6.08. The van der Waals surface area contributed by atoms with Crippen LogP contribution >= 0.6 is 0 Å². The minimum Gasteiger partial charge on any atom is -0.394 e. The highest BCUT2D eigenvalue weighted by atomic mass is 16.6. The molecule has 4 atom stereocenters. The van der Waals surface area contributed by atoms with Crippen LogP contribution in [0.4, 0.5) is 5.82 Å². The van der Waals surface area contributed by atoms with E-state index in [9.17, 15) is 15.0 Å². The summed E-state index contributed by atoms with van der Waals surface area (Å²) in [6.45, 7) is 1.33. The van der Waals surface area contributed by atoms with Crippen LogP contribution in [0.5, 0.6) is 0 Å². The minimum absolute atomic E-state index is 0.0917. The van der Waals surface area contributed by atoms with Gasteiger partial charge in [0.25, 0.3) is 5.91 Å². The first kappa shape index (κ1) is 16.6. The first-order valence-electron chi connectivity index (χ1n) is 7.38. The Kier molecular flexibility index (Phi) is 4.13. The summed E-state index contributed by atoms with van der Waals surface area (Å²) in [5.41, 5.74) is 11.8. The van der Waals surface area contributed by atoms with Crippen molar-refractivity contribution >= 4 is 22.8 Å². The molecule has 10 heteroatoms. The number of primary amides is 1. The van der Waals surface area contributed by atoms with Gasteiger partial charge in [-0.1, -0.05) is 0 Å². The second-order valence-electron chi connectivity index (χ2n) is 5.79. The lowest BCUT2D eigenvalue weighted by atomic mass is 10.1. The molecule has 1 fully saturated rings. The molecule has 130 valence electrons. The molecule has 10 nitrogen and oxygen atoms in total. The number of nitrogens with two attached hydrogens (primary N) is 2. The number of amides is 1.